The quantitative estimate of drug-likeness (QED) is 0.0455. The molecular formula is C74H112N8O16. The molecule has 0 unspecified atom stereocenters. The fourth-order valence-electron chi connectivity index (χ4n) is 13.0. The second-order valence-electron chi connectivity index (χ2n) is 26.4. The minimum Gasteiger partial charge on any atom is -0.480 e. The summed E-state index contributed by atoms with van der Waals surface area (Å²) in [6.07, 6.45) is 2.58. The van der Waals surface area contributed by atoms with Crippen LogP contribution in [-0.2, 0) is 97.4 Å². The molecule has 5 rings (SSSR count). The van der Waals surface area contributed by atoms with Crippen molar-refractivity contribution < 1.29 is 76.7 Å². The Labute approximate surface area is 580 Å². The van der Waals surface area contributed by atoms with Crippen molar-refractivity contribution in [1.29, 1.82) is 0 Å². The molecule has 24 nitrogen and oxygen atoms in total. The van der Waals surface area contributed by atoms with E-state index in [0.717, 1.165) is 35.2 Å². The molecule has 0 saturated carbocycles. The molecule has 0 bridgehead atoms. The number of para-hydroxylation sites is 1. The third kappa shape index (κ3) is 25.1. The standard InChI is InChI=1S/C74H112N8O16/c1-13-52(6)69(61(93-11)48-66(87)81-37-22-29-60(81)70(94-12)53(7)71(88)76-58(74(91)92)47-54-23-15-14-16-24-54)80(10)73(90)67(50(2)3)77-72(89)68(51(4)5)79(9)64(85)31-21-30-63(84)78(8)38-40-96-42-44-98-46-45-97-43-41-95-39-36-75-62(83)34-35-65(86)82-49-57-27-18-17-25-55(57)32-33-56-26-19-20-28-59(56)82/h14-20,23-28,50-53,58,60-61,67-70H,13,21-22,29-49H2,1-12H3,(H,75,83)(H,76,88)(H,77,89)(H,91,92)/t52-,53+,58-,60-,61+,67-,68-,69-,70+/m0/s1. The molecule has 9 atom stereocenters. The zero-order chi connectivity index (χ0) is 71.8. The van der Waals surface area contributed by atoms with Gasteiger partial charge in [0.25, 0.3) is 0 Å². The molecule has 1 fully saturated rings. The number of anilines is 1. The van der Waals surface area contributed by atoms with Crippen LogP contribution in [0.2, 0.25) is 0 Å². The van der Waals surface area contributed by atoms with Crippen molar-refractivity contribution >= 4 is 58.9 Å². The lowest BCUT2D eigenvalue weighted by Crippen LogP contribution is -2.60. The Morgan fingerprint density at radius 1 is 0.633 bits per heavy atom. The number of carboxylic acid groups (broad SMARTS) is 1. The monoisotopic (exact) mass is 1370 g/mol. The molecule has 0 aromatic heterocycles. The van der Waals surface area contributed by atoms with Gasteiger partial charge in [-0.05, 0) is 78.2 Å². The molecule has 98 heavy (non-hydrogen) atoms. The van der Waals surface area contributed by atoms with Gasteiger partial charge in [-0.15, -0.1) is 0 Å². The first-order chi connectivity index (χ1) is 46.9. The van der Waals surface area contributed by atoms with Gasteiger partial charge in [0, 0.05) is 92.8 Å². The van der Waals surface area contributed by atoms with Crippen LogP contribution in [-0.4, -0.2) is 228 Å². The second-order valence-corrected chi connectivity index (χ2v) is 26.4. The number of carboxylic acids is 1. The van der Waals surface area contributed by atoms with E-state index in [2.05, 4.69) is 34.1 Å². The molecular weight excluding hydrogens is 1260 g/mol. The van der Waals surface area contributed by atoms with Crippen molar-refractivity contribution in [3.63, 3.8) is 0 Å². The zero-order valence-electron chi connectivity index (χ0n) is 60.1. The number of benzene rings is 3. The third-order valence-corrected chi connectivity index (χ3v) is 18.8. The number of ether oxygens (including phenoxy) is 6. The number of fused-ring (bicyclic) bond motifs is 2. The summed E-state index contributed by atoms with van der Waals surface area (Å²) in [5.74, 6) is -5.33. The number of likely N-dealkylation sites (tertiary alicyclic amines) is 1. The summed E-state index contributed by atoms with van der Waals surface area (Å²) in [5.41, 5.74) is 5.12. The van der Waals surface area contributed by atoms with Gasteiger partial charge in [-0.1, -0.05) is 128 Å². The van der Waals surface area contributed by atoms with Crippen molar-refractivity contribution in [2.45, 2.75) is 174 Å². The SMILES string of the molecule is CC[C@H](C)[C@@H]([C@@H](CC(=O)N1CCC[C@H]1[C@H](OC)[C@@H](C)C(=O)N[C@@H](Cc1ccccc1)C(=O)O)OC)N(C)C(=O)[C@@H](NC(=O)[C@H](C(C)C)N(C)C(=O)CCCC(=O)N(C)CCOCCOCCOCCOCCNC(=O)CCC(=O)N1Cc2ccccc2CCc2ccccc21)C(C)C. The summed E-state index contributed by atoms with van der Waals surface area (Å²) < 4.78 is 34.5. The lowest BCUT2D eigenvalue weighted by atomic mass is 9.89. The fraction of sp³-hybridized carbons (Fsp3) is 0.635. The third-order valence-electron chi connectivity index (χ3n) is 18.8. The number of rotatable bonds is 43. The molecule has 3 aromatic rings. The van der Waals surface area contributed by atoms with E-state index in [1.807, 2.05) is 77.9 Å². The maximum atomic E-state index is 14.7. The van der Waals surface area contributed by atoms with E-state index in [0.29, 0.717) is 91.7 Å². The number of aliphatic carboxylic acids is 1. The largest absolute Gasteiger partial charge is 0.480 e. The number of methoxy groups -OCH3 is 2. The van der Waals surface area contributed by atoms with Gasteiger partial charge in [0.2, 0.25) is 47.3 Å². The number of likely N-dealkylation sites (N-methyl/N-ethyl adjacent to an activating group) is 3. The minimum absolute atomic E-state index is 0.0129. The number of nitrogens with one attached hydrogen (secondary N) is 3. The Kier molecular flexibility index (Phi) is 35.3. The fourth-order valence-corrected chi connectivity index (χ4v) is 13.0. The molecule has 0 radical (unpaired) electrons. The van der Waals surface area contributed by atoms with Crippen LogP contribution in [0.3, 0.4) is 0 Å². The maximum Gasteiger partial charge on any atom is 0.326 e. The highest BCUT2D eigenvalue weighted by molar-refractivity contribution is 5.96. The highest BCUT2D eigenvalue weighted by Crippen LogP contribution is 2.32. The molecule has 24 heteroatoms. The number of nitrogens with zero attached hydrogens (tertiary/aromatic N) is 5. The maximum absolute atomic E-state index is 14.7. The summed E-state index contributed by atoms with van der Waals surface area (Å²) in [6.45, 7) is 17.0. The number of aryl methyl sites for hydroxylation is 2. The van der Waals surface area contributed by atoms with Gasteiger partial charge < -0.3 is 74.0 Å². The predicted molar refractivity (Wildman–Crippen MR) is 372 cm³/mol. The number of carbonyl (C=O) groups excluding carboxylic acids is 8. The molecule has 2 aliphatic heterocycles. The van der Waals surface area contributed by atoms with E-state index in [-0.39, 0.29) is 98.8 Å². The van der Waals surface area contributed by atoms with Crippen LogP contribution in [0.5, 0.6) is 0 Å². The molecule has 2 heterocycles. The van der Waals surface area contributed by atoms with Gasteiger partial charge in [0.1, 0.15) is 18.1 Å². The smallest absolute Gasteiger partial charge is 0.326 e. The summed E-state index contributed by atoms with van der Waals surface area (Å²) in [5, 5.41) is 18.5. The summed E-state index contributed by atoms with van der Waals surface area (Å²) >= 11 is 0. The summed E-state index contributed by atoms with van der Waals surface area (Å²) in [6, 6.07) is 20.9. The van der Waals surface area contributed by atoms with Crippen molar-refractivity contribution in [1.82, 2.24) is 35.6 Å². The average Bonchev–Trinajstić information content (AvgIpc) is 1.20. The predicted octanol–water partition coefficient (Wildman–Crippen LogP) is 6.27. The zero-order valence-corrected chi connectivity index (χ0v) is 60.1. The van der Waals surface area contributed by atoms with E-state index in [9.17, 15) is 48.3 Å². The first-order valence-electron chi connectivity index (χ1n) is 35.0. The molecule has 3 aromatic carbocycles. The highest BCUT2D eigenvalue weighted by Gasteiger charge is 2.44. The van der Waals surface area contributed by atoms with E-state index >= 15 is 0 Å². The van der Waals surface area contributed by atoms with Gasteiger partial charge in [-0.3, -0.25) is 38.4 Å². The van der Waals surface area contributed by atoms with Crippen LogP contribution in [0.15, 0.2) is 78.9 Å². The molecule has 1 saturated heterocycles. The summed E-state index contributed by atoms with van der Waals surface area (Å²) in [4.78, 5) is 130. The minimum atomic E-state index is -1.17. The van der Waals surface area contributed by atoms with Crippen LogP contribution < -0.4 is 20.9 Å². The topological polar surface area (TPSA) is 282 Å². The van der Waals surface area contributed by atoms with Crippen LogP contribution in [0.1, 0.15) is 129 Å². The van der Waals surface area contributed by atoms with Gasteiger partial charge in [0.05, 0.1) is 96.0 Å². The number of amides is 8. The van der Waals surface area contributed by atoms with E-state index < -0.39 is 72.0 Å². The van der Waals surface area contributed by atoms with Gasteiger partial charge in [-0.2, -0.15) is 0 Å². The number of hydrogen-bond acceptors (Lipinski definition) is 15. The summed E-state index contributed by atoms with van der Waals surface area (Å²) in [7, 11) is 7.84. The average molecular weight is 1370 g/mol. The Hall–Kier alpha value is -7.35. The Bertz CT molecular complexity index is 3010. The van der Waals surface area contributed by atoms with Crippen LogP contribution in [0.4, 0.5) is 5.69 Å². The van der Waals surface area contributed by atoms with Crippen LogP contribution >= 0.6 is 0 Å². The van der Waals surface area contributed by atoms with E-state index in [1.54, 1.807) is 71.9 Å². The Morgan fingerprint density at radius 3 is 1.84 bits per heavy atom. The van der Waals surface area contributed by atoms with Gasteiger partial charge >= 0.3 is 5.97 Å². The molecule has 0 aliphatic carbocycles. The van der Waals surface area contributed by atoms with Crippen molar-refractivity contribution in [2.75, 3.05) is 113 Å². The molecule has 0 spiro atoms. The van der Waals surface area contributed by atoms with Gasteiger partial charge in [-0.25, -0.2) is 4.79 Å². The molecule has 2 aliphatic rings. The van der Waals surface area contributed by atoms with Crippen LogP contribution in [0.25, 0.3) is 0 Å². The molecule has 8 amide bonds. The van der Waals surface area contributed by atoms with Crippen LogP contribution in [0, 0.1) is 23.7 Å². The molecule has 544 valence electrons. The first kappa shape index (κ1) is 81.3. The highest BCUT2D eigenvalue weighted by atomic mass is 16.6. The Balaban J connectivity index is 0.959. The van der Waals surface area contributed by atoms with E-state index in [1.165, 1.54) is 24.7 Å². The van der Waals surface area contributed by atoms with E-state index in [4.69, 9.17) is 28.4 Å². The van der Waals surface area contributed by atoms with Crippen molar-refractivity contribution in [2.24, 2.45) is 23.7 Å². The lowest BCUT2D eigenvalue weighted by Gasteiger charge is -2.41. The lowest BCUT2D eigenvalue weighted by molar-refractivity contribution is -0.149. The van der Waals surface area contributed by atoms with Gasteiger partial charge in [0.15, 0.2) is 0 Å². The second kappa shape index (κ2) is 42.6. The number of hydrogen-bond donors (Lipinski definition) is 4. The Morgan fingerprint density at radius 2 is 1.22 bits per heavy atom. The normalized spacial score (nSPS) is 16.2. The van der Waals surface area contributed by atoms with Crippen molar-refractivity contribution in [3.05, 3.63) is 101 Å². The van der Waals surface area contributed by atoms with Crippen molar-refractivity contribution in [3.8, 4) is 0 Å². The molecule has 4 N–H and O–H groups in total. The first-order valence-corrected chi connectivity index (χ1v) is 35.0. The number of carbonyl (C=O) groups is 9.